The number of rotatable bonds is 4. The van der Waals surface area contributed by atoms with E-state index in [9.17, 15) is 4.39 Å². The minimum atomic E-state index is -0.277. The molecule has 0 fully saturated rings. The summed E-state index contributed by atoms with van der Waals surface area (Å²) in [7, 11) is 1.63. The molecule has 0 amide bonds. The van der Waals surface area contributed by atoms with Gasteiger partial charge in [-0.2, -0.15) is 0 Å². The third-order valence-corrected chi connectivity index (χ3v) is 3.22. The van der Waals surface area contributed by atoms with E-state index in [0.29, 0.717) is 11.0 Å². The van der Waals surface area contributed by atoms with E-state index in [2.05, 4.69) is 26.2 Å². The molecule has 0 unspecified atom stereocenters. The summed E-state index contributed by atoms with van der Waals surface area (Å²) in [6.07, 6.45) is 0. The van der Waals surface area contributed by atoms with Gasteiger partial charge in [-0.3, -0.25) is 4.98 Å². The molecule has 0 aliphatic heterocycles. The number of benzene rings is 1. The normalized spacial score (nSPS) is 10.3. The maximum Gasteiger partial charge on any atom is 0.137 e. The second-order valence-electron chi connectivity index (χ2n) is 4.12. The number of hydrogen-bond acceptors (Lipinski definition) is 3. The fourth-order valence-corrected chi connectivity index (χ4v) is 2.09. The summed E-state index contributed by atoms with van der Waals surface area (Å²) in [5.74, 6) is 0.505. The van der Waals surface area contributed by atoms with Crippen molar-refractivity contribution in [1.82, 2.24) is 4.98 Å². The molecular weight excluding hydrogens is 311 g/mol. The second-order valence-corrected chi connectivity index (χ2v) is 4.98. The molecule has 0 saturated heterocycles. The van der Waals surface area contributed by atoms with Crippen molar-refractivity contribution in [3.05, 3.63) is 52.0 Å². The van der Waals surface area contributed by atoms with E-state index in [4.69, 9.17) is 4.74 Å². The first-order chi connectivity index (χ1) is 9.08. The van der Waals surface area contributed by atoms with Gasteiger partial charge >= 0.3 is 0 Å². The van der Waals surface area contributed by atoms with Gasteiger partial charge in [0, 0.05) is 23.5 Å². The monoisotopic (exact) mass is 324 g/mol. The lowest BCUT2D eigenvalue weighted by molar-refractivity contribution is 0.413. The summed E-state index contributed by atoms with van der Waals surface area (Å²) in [5.41, 5.74) is 2.60. The molecule has 0 atom stereocenters. The van der Waals surface area contributed by atoms with Gasteiger partial charge in [-0.1, -0.05) is 0 Å². The first kappa shape index (κ1) is 13.8. The molecule has 1 aromatic heterocycles. The highest BCUT2D eigenvalue weighted by Crippen LogP contribution is 2.21. The minimum absolute atomic E-state index is 0.277. The Morgan fingerprint density at radius 1 is 1.32 bits per heavy atom. The van der Waals surface area contributed by atoms with Crippen LogP contribution < -0.4 is 10.1 Å². The largest absolute Gasteiger partial charge is 0.497 e. The van der Waals surface area contributed by atoms with Gasteiger partial charge in [-0.15, -0.1) is 0 Å². The van der Waals surface area contributed by atoms with Gasteiger partial charge in [0.1, 0.15) is 11.6 Å². The Morgan fingerprint density at radius 3 is 2.79 bits per heavy atom. The summed E-state index contributed by atoms with van der Waals surface area (Å²) in [6, 6.07) is 8.54. The van der Waals surface area contributed by atoms with Crippen LogP contribution in [0.25, 0.3) is 0 Å². The number of pyridine rings is 1. The van der Waals surface area contributed by atoms with Gasteiger partial charge in [-0.05, 0) is 41.1 Å². The first-order valence-electron chi connectivity index (χ1n) is 5.79. The van der Waals surface area contributed by atoms with Gasteiger partial charge < -0.3 is 10.1 Å². The maximum atomic E-state index is 13.1. The number of aromatic nitrogens is 1. The summed E-state index contributed by atoms with van der Waals surface area (Å²) in [4.78, 5) is 4.41. The number of hydrogen-bond donors (Lipinski definition) is 1. The fraction of sp³-hybridized carbons (Fsp3) is 0.214. The number of nitrogens with one attached hydrogen (secondary N) is 1. The highest BCUT2D eigenvalue weighted by molar-refractivity contribution is 9.10. The van der Waals surface area contributed by atoms with E-state index in [-0.39, 0.29) is 5.82 Å². The van der Waals surface area contributed by atoms with Crippen LogP contribution in [0.15, 0.2) is 34.8 Å². The smallest absolute Gasteiger partial charge is 0.137 e. The predicted molar refractivity (Wildman–Crippen MR) is 77.0 cm³/mol. The molecule has 0 aliphatic carbocycles. The van der Waals surface area contributed by atoms with E-state index in [1.165, 1.54) is 6.07 Å². The molecule has 3 nitrogen and oxygen atoms in total. The van der Waals surface area contributed by atoms with E-state index in [1.807, 2.05) is 19.1 Å². The Hall–Kier alpha value is -1.62. The Kier molecular flexibility index (Phi) is 4.37. The summed E-state index contributed by atoms with van der Waals surface area (Å²) < 4.78 is 18.7. The lowest BCUT2D eigenvalue weighted by Crippen LogP contribution is -2.03. The quantitative estimate of drug-likeness (QED) is 0.925. The van der Waals surface area contributed by atoms with Crippen LogP contribution in [0.5, 0.6) is 5.75 Å². The molecule has 1 heterocycles. The van der Waals surface area contributed by atoms with Crippen molar-refractivity contribution >= 4 is 21.6 Å². The summed E-state index contributed by atoms with van der Waals surface area (Å²) in [5, 5.41) is 3.19. The predicted octanol–water partition coefficient (Wildman–Crippen LogP) is 3.91. The van der Waals surface area contributed by atoms with Gasteiger partial charge in [-0.25, -0.2) is 4.39 Å². The Balaban J connectivity index is 2.09. The van der Waals surface area contributed by atoms with Crippen LogP contribution in [0, 0.1) is 12.7 Å². The Bertz CT molecular complexity index is 590. The van der Waals surface area contributed by atoms with Crippen molar-refractivity contribution in [3.63, 3.8) is 0 Å². The number of ether oxygens (including phenoxy) is 1. The lowest BCUT2D eigenvalue weighted by Gasteiger charge is -2.09. The topological polar surface area (TPSA) is 34.1 Å². The standard InChI is InChI=1S/C14H14BrFN2O/c1-9-5-12(19-2)6-11(18-9)8-17-10-3-4-14(16)13(15)7-10/h3-7,17H,8H2,1-2H3. The molecule has 2 aromatic rings. The first-order valence-corrected chi connectivity index (χ1v) is 6.58. The molecule has 0 aliphatic rings. The van der Waals surface area contributed by atoms with Gasteiger partial charge in [0.15, 0.2) is 0 Å². The SMILES string of the molecule is COc1cc(C)nc(CNc2ccc(F)c(Br)c2)c1. The average molecular weight is 325 g/mol. The van der Waals surface area contributed by atoms with Crippen LogP contribution in [0.2, 0.25) is 0 Å². The van der Waals surface area contributed by atoms with Crippen LogP contribution in [-0.4, -0.2) is 12.1 Å². The van der Waals surface area contributed by atoms with Crippen molar-refractivity contribution in [1.29, 1.82) is 0 Å². The summed E-state index contributed by atoms with van der Waals surface area (Å²) >= 11 is 3.16. The zero-order valence-electron chi connectivity index (χ0n) is 10.7. The Labute approximate surface area is 119 Å². The third kappa shape index (κ3) is 3.67. The second kappa shape index (κ2) is 6.02. The van der Waals surface area contributed by atoms with Crippen LogP contribution in [-0.2, 0) is 6.54 Å². The number of anilines is 1. The average Bonchev–Trinajstić information content (AvgIpc) is 2.39. The molecular formula is C14H14BrFN2O. The molecule has 0 bridgehead atoms. The maximum absolute atomic E-state index is 13.1. The fourth-order valence-electron chi connectivity index (χ4n) is 1.71. The molecule has 1 N–H and O–H groups in total. The van der Waals surface area contributed by atoms with E-state index >= 15 is 0 Å². The molecule has 1 aromatic carbocycles. The number of nitrogens with zero attached hydrogens (tertiary/aromatic N) is 1. The summed E-state index contributed by atoms with van der Waals surface area (Å²) in [6.45, 7) is 2.47. The molecule has 0 spiro atoms. The molecule has 19 heavy (non-hydrogen) atoms. The van der Waals surface area contributed by atoms with Gasteiger partial charge in [0.2, 0.25) is 0 Å². The van der Waals surface area contributed by atoms with Crippen molar-refractivity contribution in [2.45, 2.75) is 13.5 Å². The number of aryl methyl sites for hydroxylation is 1. The van der Waals surface area contributed by atoms with Crippen molar-refractivity contribution in [2.24, 2.45) is 0 Å². The Morgan fingerprint density at radius 2 is 2.11 bits per heavy atom. The number of halogens is 2. The van der Waals surface area contributed by atoms with Crippen LogP contribution >= 0.6 is 15.9 Å². The van der Waals surface area contributed by atoms with Gasteiger partial charge in [0.05, 0.1) is 23.8 Å². The minimum Gasteiger partial charge on any atom is -0.497 e. The highest BCUT2D eigenvalue weighted by atomic mass is 79.9. The molecule has 2 rings (SSSR count). The number of methoxy groups -OCH3 is 1. The van der Waals surface area contributed by atoms with E-state index in [0.717, 1.165) is 22.8 Å². The van der Waals surface area contributed by atoms with Crippen molar-refractivity contribution < 1.29 is 9.13 Å². The molecule has 0 radical (unpaired) electrons. The van der Waals surface area contributed by atoms with Crippen LogP contribution in [0.3, 0.4) is 0 Å². The van der Waals surface area contributed by atoms with Crippen molar-refractivity contribution in [3.8, 4) is 5.75 Å². The highest BCUT2D eigenvalue weighted by Gasteiger charge is 2.03. The van der Waals surface area contributed by atoms with Gasteiger partial charge in [0.25, 0.3) is 0 Å². The van der Waals surface area contributed by atoms with E-state index < -0.39 is 0 Å². The lowest BCUT2D eigenvalue weighted by atomic mass is 10.2. The zero-order valence-corrected chi connectivity index (χ0v) is 12.3. The van der Waals surface area contributed by atoms with Crippen LogP contribution in [0.4, 0.5) is 10.1 Å². The molecule has 100 valence electrons. The third-order valence-electron chi connectivity index (χ3n) is 2.61. The van der Waals surface area contributed by atoms with Crippen molar-refractivity contribution in [2.75, 3.05) is 12.4 Å². The zero-order chi connectivity index (χ0) is 13.8. The molecule has 5 heteroatoms. The van der Waals surface area contributed by atoms with E-state index in [1.54, 1.807) is 19.2 Å². The molecule has 0 saturated carbocycles. The van der Waals surface area contributed by atoms with Crippen LogP contribution in [0.1, 0.15) is 11.4 Å².